The molecule has 3 heteroatoms. The van der Waals surface area contributed by atoms with Gasteiger partial charge >= 0.3 is 0 Å². The summed E-state index contributed by atoms with van der Waals surface area (Å²) in [6, 6.07) is 0. The second-order valence-corrected chi connectivity index (χ2v) is 3.08. The second-order valence-electron chi connectivity index (χ2n) is 3.08. The third kappa shape index (κ3) is 7.98. The van der Waals surface area contributed by atoms with E-state index in [9.17, 15) is 0 Å². The van der Waals surface area contributed by atoms with Crippen LogP contribution in [-0.2, 0) is 4.74 Å². The Morgan fingerprint density at radius 3 is 2.50 bits per heavy atom. The largest absolute Gasteiger partial charge is 0.396 e. The quantitative estimate of drug-likeness (QED) is 0.552. The lowest BCUT2D eigenvalue weighted by Crippen LogP contribution is -2.23. The van der Waals surface area contributed by atoms with Crippen molar-refractivity contribution in [1.29, 1.82) is 0 Å². The monoisotopic (exact) mass is 175 g/mol. The van der Waals surface area contributed by atoms with E-state index in [1.807, 2.05) is 0 Å². The van der Waals surface area contributed by atoms with Crippen LogP contribution in [-0.4, -0.2) is 50.5 Å². The fourth-order valence-corrected chi connectivity index (χ4v) is 1.03. The van der Waals surface area contributed by atoms with Crippen LogP contribution in [0.15, 0.2) is 0 Å². The normalized spacial score (nSPS) is 11.0. The van der Waals surface area contributed by atoms with Crippen molar-refractivity contribution in [2.75, 3.05) is 40.5 Å². The Hall–Kier alpha value is -0.120. The van der Waals surface area contributed by atoms with Crippen molar-refractivity contribution in [3.63, 3.8) is 0 Å². The number of methoxy groups -OCH3 is 1. The van der Waals surface area contributed by atoms with Gasteiger partial charge in [0.1, 0.15) is 0 Å². The minimum absolute atomic E-state index is 0.321. The molecule has 0 radical (unpaired) electrons. The van der Waals surface area contributed by atoms with E-state index in [-0.39, 0.29) is 0 Å². The molecule has 0 spiro atoms. The number of hydrogen-bond donors (Lipinski definition) is 1. The average Bonchev–Trinajstić information content (AvgIpc) is 2.09. The molecular formula is C9H21NO2. The predicted molar refractivity (Wildman–Crippen MR) is 50.3 cm³/mol. The van der Waals surface area contributed by atoms with Crippen molar-refractivity contribution in [3.8, 4) is 0 Å². The van der Waals surface area contributed by atoms with Gasteiger partial charge in [0.2, 0.25) is 0 Å². The second kappa shape index (κ2) is 8.97. The summed E-state index contributed by atoms with van der Waals surface area (Å²) in [5.74, 6) is 0. The standard InChI is InChI=1S/C9H21NO2/c1-10(7-9-12-2)6-4-3-5-8-11/h11H,3-9H2,1-2H3. The lowest BCUT2D eigenvalue weighted by molar-refractivity contribution is 0.159. The molecule has 0 fully saturated rings. The van der Waals surface area contributed by atoms with Crippen LogP contribution in [0.25, 0.3) is 0 Å². The molecule has 12 heavy (non-hydrogen) atoms. The van der Waals surface area contributed by atoms with Crippen LogP contribution in [0, 0.1) is 0 Å². The molecule has 0 aliphatic heterocycles. The minimum atomic E-state index is 0.321. The first kappa shape index (κ1) is 11.9. The minimum Gasteiger partial charge on any atom is -0.396 e. The number of aliphatic hydroxyl groups is 1. The molecule has 3 nitrogen and oxygen atoms in total. The van der Waals surface area contributed by atoms with Gasteiger partial charge in [-0.1, -0.05) is 0 Å². The Labute approximate surface area is 75.3 Å². The van der Waals surface area contributed by atoms with Gasteiger partial charge < -0.3 is 14.7 Å². The van der Waals surface area contributed by atoms with Crippen LogP contribution in [0.5, 0.6) is 0 Å². The first-order chi connectivity index (χ1) is 5.81. The zero-order chi connectivity index (χ0) is 9.23. The van der Waals surface area contributed by atoms with E-state index in [0.29, 0.717) is 6.61 Å². The van der Waals surface area contributed by atoms with Crippen molar-refractivity contribution < 1.29 is 9.84 Å². The zero-order valence-corrected chi connectivity index (χ0v) is 8.25. The predicted octanol–water partition coefficient (Wildman–Crippen LogP) is 0.727. The summed E-state index contributed by atoms with van der Waals surface area (Å²) < 4.78 is 4.96. The van der Waals surface area contributed by atoms with E-state index in [1.54, 1.807) is 7.11 Å². The van der Waals surface area contributed by atoms with Gasteiger partial charge in [0.15, 0.2) is 0 Å². The number of likely N-dealkylation sites (N-methyl/N-ethyl adjacent to an activating group) is 1. The Bertz CT molecular complexity index is 88.6. The van der Waals surface area contributed by atoms with Gasteiger partial charge in [-0.2, -0.15) is 0 Å². The smallest absolute Gasteiger partial charge is 0.0589 e. The molecule has 1 N–H and O–H groups in total. The Balaban J connectivity index is 3.02. The van der Waals surface area contributed by atoms with E-state index in [0.717, 1.165) is 32.5 Å². The summed E-state index contributed by atoms with van der Waals surface area (Å²) >= 11 is 0. The van der Waals surface area contributed by atoms with E-state index < -0.39 is 0 Å². The third-order valence-electron chi connectivity index (χ3n) is 1.88. The Kier molecular flexibility index (Phi) is 8.88. The molecule has 0 aliphatic carbocycles. The Morgan fingerprint density at radius 2 is 1.92 bits per heavy atom. The summed E-state index contributed by atoms with van der Waals surface area (Å²) in [6.45, 7) is 3.22. The van der Waals surface area contributed by atoms with Gasteiger partial charge in [-0.05, 0) is 32.9 Å². The maximum atomic E-state index is 8.54. The van der Waals surface area contributed by atoms with Crippen molar-refractivity contribution >= 4 is 0 Å². The van der Waals surface area contributed by atoms with Gasteiger partial charge in [-0.15, -0.1) is 0 Å². The maximum Gasteiger partial charge on any atom is 0.0589 e. The van der Waals surface area contributed by atoms with Crippen LogP contribution in [0.3, 0.4) is 0 Å². The van der Waals surface area contributed by atoms with E-state index in [4.69, 9.17) is 9.84 Å². The summed E-state index contributed by atoms with van der Waals surface area (Å²) in [6.07, 6.45) is 3.21. The highest BCUT2D eigenvalue weighted by Crippen LogP contribution is 1.95. The number of ether oxygens (including phenoxy) is 1. The molecule has 0 aliphatic rings. The van der Waals surface area contributed by atoms with E-state index >= 15 is 0 Å². The molecule has 0 heterocycles. The maximum absolute atomic E-state index is 8.54. The first-order valence-corrected chi connectivity index (χ1v) is 4.59. The molecule has 0 bridgehead atoms. The highest BCUT2D eigenvalue weighted by Gasteiger charge is 1.96. The highest BCUT2D eigenvalue weighted by molar-refractivity contribution is 4.50. The van der Waals surface area contributed by atoms with Crippen molar-refractivity contribution in [2.24, 2.45) is 0 Å². The van der Waals surface area contributed by atoms with Gasteiger partial charge in [-0.25, -0.2) is 0 Å². The van der Waals surface area contributed by atoms with Crippen LogP contribution in [0.2, 0.25) is 0 Å². The van der Waals surface area contributed by atoms with Crippen molar-refractivity contribution in [1.82, 2.24) is 4.90 Å². The number of hydrogen-bond acceptors (Lipinski definition) is 3. The van der Waals surface area contributed by atoms with Crippen LogP contribution >= 0.6 is 0 Å². The summed E-state index contributed by atoms with van der Waals surface area (Å²) in [5, 5.41) is 8.54. The van der Waals surface area contributed by atoms with Gasteiger partial charge in [0, 0.05) is 20.3 Å². The molecule has 0 saturated carbocycles. The summed E-state index contributed by atoms with van der Waals surface area (Å²) in [7, 11) is 3.82. The SMILES string of the molecule is COCCN(C)CCCCCO. The van der Waals surface area contributed by atoms with E-state index in [2.05, 4.69) is 11.9 Å². The lowest BCUT2D eigenvalue weighted by Gasteiger charge is -2.15. The van der Waals surface area contributed by atoms with Crippen LogP contribution in [0.1, 0.15) is 19.3 Å². The van der Waals surface area contributed by atoms with Crippen molar-refractivity contribution in [2.45, 2.75) is 19.3 Å². The van der Waals surface area contributed by atoms with Gasteiger partial charge in [-0.3, -0.25) is 0 Å². The molecule has 0 aromatic carbocycles. The highest BCUT2D eigenvalue weighted by atomic mass is 16.5. The summed E-state index contributed by atoms with van der Waals surface area (Å²) in [5.41, 5.74) is 0. The fourth-order valence-electron chi connectivity index (χ4n) is 1.03. The lowest BCUT2D eigenvalue weighted by atomic mass is 10.2. The first-order valence-electron chi connectivity index (χ1n) is 4.59. The Morgan fingerprint density at radius 1 is 1.17 bits per heavy atom. The van der Waals surface area contributed by atoms with Crippen LogP contribution < -0.4 is 0 Å². The molecule has 74 valence electrons. The topological polar surface area (TPSA) is 32.7 Å². The molecule has 0 rings (SSSR count). The molecular weight excluding hydrogens is 154 g/mol. The zero-order valence-electron chi connectivity index (χ0n) is 8.25. The molecule has 0 saturated heterocycles. The molecule has 0 unspecified atom stereocenters. The number of unbranched alkanes of at least 4 members (excludes halogenated alkanes) is 2. The number of rotatable bonds is 8. The number of nitrogens with zero attached hydrogens (tertiary/aromatic N) is 1. The molecule has 0 atom stereocenters. The number of aliphatic hydroxyl groups excluding tert-OH is 1. The summed E-state index contributed by atoms with van der Waals surface area (Å²) in [4.78, 5) is 2.25. The average molecular weight is 175 g/mol. The third-order valence-corrected chi connectivity index (χ3v) is 1.88. The molecule has 0 amide bonds. The molecule has 0 aromatic rings. The van der Waals surface area contributed by atoms with Crippen LogP contribution in [0.4, 0.5) is 0 Å². The van der Waals surface area contributed by atoms with Gasteiger partial charge in [0.25, 0.3) is 0 Å². The van der Waals surface area contributed by atoms with Gasteiger partial charge in [0.05, 0.1) is 6.61 Å². The fraction of sp³-hybridized carbons (Fsp3) is 1.00. The van der Waals surface area contributed by atoms with Crippen molar-refractivity contribution in [3.05, 3.63) is 0 Å². The van der Waals surface area contributed by atoms with E-state index in [1.165, 1.54) is 6.42 Å². The molecule has 0 aromatic heterocycles.